The Bertz CT molecular complexity index is 329. The van der Waals surface area contributed by atoms with Gasteiger partial charge < -0.3 is 15.5 Å². The summed E-state index contributed by atoms with van der Waals surface area (Å²) in [6.45, 7) is 7.29. The van der Waals surface area contributed by atoms with Gasteiger partial charge in [0.25, 0.3) is 0 Å². The number of hydrogen-bond acceptors (Lipinski definition) is 3. The molecule has 22 heavy (non-hydrogen) atoms. The quantitative estimate of drug-likeness (QED) is 0.712. The Morgan fingerprint density at radius 1 is 1.18 bits per heavy atom. The Morgan fingerprint density at radius 2 is 1.82 bits per heavy atom. The maximum Gasteiger partial charge on any atom is 0.224 e. The van der Waals surface area contributed by atoms with E-state index in [1.54, 1.807) is 0 Å². The average Bonchev–Trinajstić information content (AvgIpc) is 2.44. The molecule has 0 aromatic rings. The van der Waals surface area contributed by atoms with Crippen LogP contribution < -0.4 is 10.6 Å². The number of nitrogens with zero attached hydrogens (tertiary/aromatic N) is 1. The Morgan fingerprint density at radius 3 is 2.36 bits per heavy atom. The molecule has 1 saturated heterocycles. The van der Waals surface area contributed by atoms with Crippen LogP contribution in [0.15, 0.2) is 0 Å². The molecule has 0 aliphatic carbocycles. The summed E-state index contributed by atoms with van der Waals surface area (Å²) in [6.07, 6.45) is 4.36. The molecule has 0 spiro atoms. The summed E-state index contributed by atoms with van der Waals surface area (Å²) >= 11 is 0. The van der Waals surface area contributed by atoms with Crippen molar-refractivity contribution in [3.8, 4) is 0 Å². The second-order valence-electron chi connectivity index (χ2n) is 6.41. The zero-order valence-electron chi connectivity index (χ0n) is 14.2. The van der Waals surface area contributed by atoms with Crippen LogP contribution in [0, 0.1) is 11.8 Å². The van der Waals surface area contributed by atoms with Crippen LogP contribution in [0.5, 0.6) is 0 Å². The highest BCUT2D eigenvalue weighted by Crippen LogP contribution is 2.20. The minimum Gasteiger partial charge on any atom is -0.356 e. The second-order valence-corrected chi connectivity index (χ2v) is 6.41. The largest absolute Gasteiger partial charge is 0.356 e. The number of amides is 2. The molecule has 130 valence electrons. The summed E-state index contributed by atoms with van der Waals surface area (Å²) < 4.78 is 0. The molecule has 2 amide bonds. The fourth-order valence-electron chi connectivity index (χ4n) is 2.73. The smallest absolute Gasteiger partial charge is 0.224 e. The first-order valence-corrected chi connectivity index (χ1v) is 8.22. The van der Waals surface area contributed by atoms with E-state index in [1.165, 1.54) is 6.42 Å². The lowest BCUT2D eigenvalue weighted by molar-refractivity contribution is -0.132. The van der Waals surface area contributed by atoms with Gasteiger partial charge in [-0.1, -0.05) is 13.8 Å². The van der Waals surface area contributed by atoms with E-state index in [4.69, 9.17) is 0 Å². The van der Waals surface area contributed by atoms with Crippen molar-refractivity contribution < 1.29 is 9.59 Å². The summed E-state index contributed by atoms with van der Waals surface area (Å²) in [5, 5.41) is 6.01. The molecule has 6 heteroatoms. The lowest BCUT2D eigenvalue weighted by Crippen LogP contribution is -2.40. The van der Waals surface area contributed by atoms with E-state index in [0.29, 0.717) is 25.3 Å². The van der Waals surface area contributed by atoms with Gasteiger partial charge in [0.15, 0.2) is 0 Å². The van der Waals surface area contributed by atoms with E-state index < -0.39 is 0 Å². The standard InChI is InChI=1S/C16H31N3O2.ClH/c1-13(2)12-15(20)18-9-5-16(21)19-10-6-14(7-11-19)4-8-17-3;/h13-14,17H,4-12H2,1-3H3,(H,18,20);1H. The molecule has 0 atom stereocenters. The molecule has 0 unspecified atom stereocenters. The number of piperidine rings is 1. The zero-order chi connectivity index (χ0) is 15.7. The zero-order valence-corrected chi connectivity index (χ0v) is 15.0. The third-order valence-corrected chi connectivity index (χ3v) is 4.02. The van der Waals surface area contributed by atoms with E-state index in [2.05, 4.69) is 10.6 Å². The number of carbonyl (C=O) groups excluding carboxylic acids is 2. The molecule has 0 aromatic heterocycles. The lowest BCUT2D eigenvalue weighted by Gasteiger charge is -2.32. The van der Waals surface area contributed by atoms with Gasteiger partial charge in [-0.3, -0.25) is 9.59 Å². The molecule has 1 fully saturated rings. The van der Waals surface area contributed by atoms with E-state index in [9.17, 15) is 9.59 Å². The molecule has 1 aliphatic rings. The monoisotopic (exact) mass is 333 g/mol. The van der Waals surface area contributed by atoms with Crippen LogP contribution in [0.3, 0.4) is 0 Å². The summed E-state index contributed by atoms with van der Waals surface area (Å²) in [6, 6.07) is 0. The van der Waals surface area contributed by atoms with Crippen molar-refractivity contribution >= 4 is 24.2 Å². The van der Waals surface area contributed by atoms with Crippen LogP contribution in [0.2, 0.25) is 0 Å². The molecule has 0 aromatic carbocycles. The van der Waals surface area contributed by atoms with Gasteiger partial charge in [-0.25, -0.2) is 0 Å². The van der Waals surface area contributed by atoms with Gasteiger partial charge in [0.2, 0.25) is 11.8 Å². The van der Waals surface area contributed by atoms with Gasteiger partial charge in [-0.15, -0.1) is 12.4 Å². The number of nitrogens with one attached hydrogen (secondary N) is 2. The van der Waals surface area contributed by atoms with Crippen molar-refractivity contribution in [2.45, 2.75) is 46.0 Å². The molecular formula is C16H32ClN3O2. The minimum absolute atomic E-state index is 0. The second kappa shape index (κ2) is 11.7. The first kappa shape index (κ1) is 21.2. The molecule has 5 nitrogen and oxygen atoms in total. The third-order valence-electron chi connectivity index (χ3n) is 4.02. The highest BCUT2D eigenvalue weighted by Gasteiger charge is 2.22. The van der Waals surface area contributed by atoms with Crippen LogP contribution in [0.1, 0.15) is 46.0 Å². The average molecular weight is 334 g/mol. The van der Waals surface area contributed by atoms with Crippen molar-refractivity contribution in [2.75, 3.05) is 33.2 Å². The number of rotatable bonds is 8. The summed E-state index contributed by atoms with van der Waals surface area (Å²) in [5.74, 6) is 1.32. The number of likely N-dealkylation sites (tertiary alicyclic amines) is 1. The fourth-order valence-corrected chi connectivity index (χ4v) is 2.73. The van der Waals surface area contributed by atoms with Crippen LogP contribution in [0.25, 0.3) is 0 Å². The number of hydrogen-bond donors (Lipinski definition) is 2. The van der Waals surface area contributed by atoms with Gasteiger partial charge in [0, 0.05) is 32.5 Å². The highest BCUT2D eigenvalue weighted by molar-refractivity contribution is 5.85. The van der Waals surface area contributed by atoms with Crippen LogP contribution in [0.4, 0.5) is 0 Å². The van der Waals surface area contributed by atoms with E-state index >= 15 is 0 Å². The highest BCUT2D eigenvalue weighted by atomic mass is 35.5. The number of halogens is 1. The van der Waals surface area contributed by atoms with Gasteiger partial charge in [-0.05, 0) is 44.7 Å². The Balaban J connectivity index is 0.00000441. The molecule has 0 bridgehead atoms. The summed E-state index contributed by atoms with van der Waals surface area (Å²) in [5.41, 5.74) is 0. The predicted octanol–water partition coefficient (Wildman–Crippen LogP) is 1.81. The Kier molecular flexibility index (Phi) is 11.3. The van der Waals surface area contributed by atoms with Crippen molar-refractivity contribution in [3.05, 3.63) is 0 Å². The first-order chi connectivity index (χ1) is 10.0. The van der Waals surface area contributed by atoms with E-state index in [1.807, 2.05) is 25.8 Å². The molecule has 2 N–H and O–H groups in total. The third kappa shape index (κ3) is 8.59. The lowest BCUT2D eigenvalue weighted by atomic mass is 9.93. The van der Waals surface area contributed by atoms with Gasteiger partial charge in [0.1, 0.15) is 0 Å². The van der Waals surface area contributed by atoms with Crippen molar-refractivity contribution in [1.29, 1.82) is 0 Å². The minimum atomic E-state index is 0. The van der Waals surface area contributed by atoms with Gasteiger partial charge in [-0.2, -0.15) is 0 Å². The van der Waals surface area contributed by atoms with Gasteiger partial charge >= 0.3 is 0 Å². The molecule has 0 radical (unpaired) electrons. The molecular weight excluding hydrogens is 302 g/mol. The molecule has 1 heterocycles. The molecule has 0 saturated carbocycles. The number of carbonyl (C=O) groups is 2. The van der Waals surface area contributed by atoms with Crippen molar-refractivity contribution in [1.82, 2.24) is 15.5 Å². The predicted molar refractivity (Wildman–Crippen MR) is 92.2 cm³/mol. The Hall–Kier alpha value is -0.810. The Labute approximate surface area is 141 Å². The van der Waals surface area contributed by atoms with Crippen molar-refractivity contribution in [3.63, 3.8) is 0 Å². The van der Waals surface area contributed by atoms with E-state index in [0.717, 1.165) is 38.4 Å². The summed E-state index contributed by atoms with van der Waals surface area (Å²) in [7, 11) is 1.98. The van der Waals surface area contributed by atoms with Crippen LogP contribution in [-0.4, -0.2) is 49.9 Å². The SMILES string of the molecule is CNCCC1CCN(C(=O)CCNC(=O)CC(C)C)CC1.Cl. The van der Waals surface area contributed by atoms with E-state index in [-0.39, 0.29) is 24.2 Å². The fraction of sp³-hybridized carbons (Fsp3) is 0.875. The molecule has 1 aliphatic heterocycles. The van der Waals surface area contributed by atoms with Crippen LogP contribution in [-0.2, 0) is 9.59 Å². The topological polar surface area (TPSA) is 61.4 Å². The van der Waals surface area contributed by atoms with Gasteiger partial charge in [0.05, 0.1) is 0 Å². The normalized spacial score (nSPS) is 15.5. The summed E-state index contributed by atoms with van der Waals surface area (Å²) in [4.78, 5) is 25.5. The maximum atomic E-state index is 12.1. The van der Waals surface area contributed by atoms with Crippen LogP contribution >= 0.6 is 12.4 Å². The maximum absolute atomic E-state index is 12.1. The molecule has 1 rings (SSSR count). The van der Waals surface area contributed by atoms with Crippen molar-refractivity contribution in [2.24, 2.45) is 11.8 Å². The first-order valence-electron chi connectivity index (χ1n) is 8.22.